The van der Waals surface area contributed by atoms with Crippen LogP contribution in [0, 0.1) is 5.82 Å². The van der Waals surface area contributed by atoms with Gasteiger partial charge in [-0.1, -0.05) is 48.9 Å². The van der Waals surface area contributed by atoms with Gasteiger partial charge in [0, 0.05) is 17.3 Å². The quantitative estimate of drug-likeness (QED) is 0.712. The Morgan fingerprint density at radius 1 is 1.19 bits per heavy atom. The van der Waals surface area contributed by atoms with Gasteiger partial charge in [-0.2, -0.15) is 5.10 Å². The van der Waals surface area contributed by atoms with Crippen molar-refractivity contribution in [3.05, 3.63) is 81.9 Å². The van der Waals surface area contributed by atoms with E-state index in [-0.39, 0.29) is 10.6 Å². The van der Waals surface area contributed by atoms with Crippen LogP contribution in [0.25, 0.3) is 11.3 Å². The minimum absolute atomic E-state index is 0.0952. The van der Waals surface area contributed by atoms with Crippen LogP contribution < -0.4 is 10.9 Å². The number of nitrogens with one attached hydrogen (secondary N) is 1. The number of aromatic nitrogens is 2. The van der Waals surface area contributed by atoms with Crippen LogP contribution in [0.4, 0.5) is 10.1 Å². The van der Waals surface area contributed by atoms with Crippen molar-refractivity contribution in [2.24, 2.45) is 0 Å². The number of rotatable bonds is 5. The van der Waals surface area contributed by atoms with Gasteiger partial charge in [-0.05, 0) is 30.7 Å². The van der Waals surface area contributed by atoms with Gasteiger partial charge >= 0.3 is 0 Å². The van der Waals surface area contributed by atoms with Crippen LogP contribution in [0.1, 0.15) is 19.4 Å². The highest BCUT2D eigenvalue weighted by molar-refractivity contribution is 6.31. The summed E-state index contributed by atoms with van der Waals surface area (Å²) in [5.41, 5.74) is 1.39. The standard InChI is InChI=1S/C20H17ClFN3O2/c1-2-18(20(27)23-14-8-9-16(22)15(21)12-14)25-19(26)11-10-17(24-25)13-6-4-3-5-7-13/h3-12,18H,2H2,1H3,(H,23,27). The SMILES string of the molecule is CCC(C(=O)Nc1ccc(F)c(Cl)c1)n1nc(-c2ccccc2)ccc1=O. The maximum atomic E-state index is 13.3. The summed E-state index contributed by atoms with van der Waals surface area (Å²) in [5.74, 6) is -1.00. The zero-order valence-electron chi connectivity index (χ0n) is 14.5. The van der Waals surface area contributed by atoms with Gasteiger partial charge < -0.3 is 5.32 Å². The summed E-state index contributed by atoms with van der Waals surface area (Å²) >= 11 is 5.75. The Balaban J connectivity index is 1.91. The highest BCUT2D eigenvalue weighted by Crippen LogP contribution is 2.21. The molecule has 3 aromatic rings. The molecule has 1 aromatic heterocycles. The monoisotopic (exact) mass is 385 g/mol. The number of halogens is 2. The molecular weight excluding hydrogens is 369 g/mol. The average Bonchev–Trinajstić information content (AvgIpc) is 2.67. The number of amides is 1. The van der Waals surface area contributed by atoms with E-state index in [4.69, 9.17) is 11.6 Å². The lowest BCUT2D eigenvalue weighted by atomic mass is 10.1. The van der Waals surface area contributed by atoms with E-state index in [2.05, 4.69) is 10.4 Å². The van der Waals surface area contributed by atoms with E-state index in [0.29, 0.717) is 17.8 Å². The van der Waals surface area contributed by atoms with Gasteiger partial charge in [-0.3, -0.25) is 9.59 Å². The Morgan fingerprint density at radius 2 is 1.93 bits per heavy atom. The second-order valence-corrected chi connectivity index (χ2v) is 6.32. The molecule has 1 unspecified atom stereocenters. The van der Waals surface area contributed by atoms with Gasteiger partial charge in [-0.25, -0.2) is 9.07 Å². The third kappa shape index (κ3) is 4.23. The van der Waals surface area contributed by atoms with Gasteiger partial charge in [0.15, 0.2) is 0 Å². The summed E-state index contributed by atoms with van der Waals surface area (Å²) in [5, 5.41) is 6.93. The van der Waals surface area contributed by atoms with Crippen LogP contribution in [-0.4, -0.2) is 15.7 Å². The molecule has 1 amide bonds. The number of anilines is 1. The fourth-order valence-electron chi connectivity index (χ4n) is 2.68. The largest absolute Gasteiger partial charge is 0.324 e. The number of hydrogen-bond acceptors (Lipinski definition) is 3. The van der Waals surface area contributed by atoms with Crippen molar-refractivity contribution in [2.45, 2.75) is 19.4 Å². The highest BCUT2D eigenvalue weighted by atomic mass is 35.5. The summed E-state index contributed by atoms with van der Waals surface area (Å²) in [6, 6.07) is 15.5. The van der Waals surface area contributed by atoms with E-state index in [1.165, 1.54) is 28.9 Å². The molecular formula is C20H17ClFN3O2. The summed E-state index contributed by atoms with van der Waals surface area (Å²) in [6.45, 7) is 1.78. The molecule has 0 spiro atoms. The maximum Gasteiger partial charge on any atom is 0.267 e. The second kappa shape index (κ2) is 8.14. The molecule has 0 fully saturated rings. The predicted octanol–water partition coefficient (Wildman–Crippen LogP) is 4.29. The molecule has 5 nitrogen and oxygen atoms in total. The van der Waals surface area contributed by atoms with Crippen LogP contribution in [0.3, 0.4) is 0 Å². The van der Waals surface area contributed by atoms with E-state index < -0.39 is 17.8 Å². The zero-order valence-corrected chi connectivity index (χ0v) is 15.3. The smallest absolute Gasteiger partial charge is 0.267 e. The number of hydrogen-bond donors (Lipinski definition) is 1. The highest BCUT2D eigenvalue weighted by Gasteiger charge is 2.21. The Labute approximate surface area is 160 Å². The van der Waals surface area contributed by atoms with Gasteiger partial charge in [0.25, 0.3) is 5.56 Å². The van der Waals surface area contributed by atoms with Crippen molar-refractivity contribution in [3.63, 3.8) is 0 Å². The Hall–Kier alpha value is -2.99. The molecule has 7 heteroatoms. The van der Waals surface area contributed by atoms with Crippen molar-refractivity contribution in [3.8, 4) is 11.3 Å². The molecule has 3 rings (SSSR count). The van der Waals surface area contributed by atoms with Crippen molar-refractivity contribution in [2.75, 3.05) is 5.32 Å². The third-order valence-corrected chi connectivity index (χ3v) is 4.36. The average molecular weight is 386 g/mol. The number of benzene rings is 2. The molecule has 0 saturated heterocycles. The summed E-state index contributed by atoms with van der Waals surface area (Å²) < 4.78 is 14.5. The van der Waals surface area contributed by atoms with Gasteiger partial charge in [0.2, 0.25) is 5.91 Å². The lowest BCUT2D eigenvalue weighted by Crippen LogP contribution is -2.34. The third-order valence-electron chi connectivity index (χ3n) is 4.07. The Kier molecular flexibility index (Phi) is 5.66. The van der Waals surface area contributed by atoms with E-state index >= 15 is 0 Å². The first-order chi connectivity index (χ1) is 13.0. The molecule has 0 aliphatic rings. The topological polar surface area (TPSA) is 64.0 Å². The van der Waals surface area contributed by atoms with Crippen molar-refractivity contribution in [1.82, 2.24) is 9.78 Å². The van der Waals surface area contributed by atoms with Crippen LogP contribution in [0.15, 0.2) is 65.5 Å². The van der Waals surface area contributed by atoms with Crippen molar-refractivity contribution >= 4 is 23.2 Å². The van der Waals surface area contributed by atoms with Gasteiger partial charge in [0.1, 0.15) is 11.9 Å². The molecule has 0 aliphatic heterocycles. The molecule has 0 aliphatic carbocycles. The normalized spacial score (nSPS) is 11.8. The minimum atomic E-state index is -0.815. The number of nitrogens with zero attached hydrogens (tertiary/aromatic N) is 2. The zero-order chi connectivity index (χ0) is 19.4. The molecule has 0 saturated carbocycles. The molecule has 1 atom stereocenters. The lowest BCUT2D eigenvalue weighted by molar-refractivity contribution is -0.119. The van der Waals surface area contributed by atoms with Gasteiger partial charge in [0.05, 0.1) is 10.7 Å². The van der Waals surface area contributed by atoms with Crippen LogP contribution in [0.5, 0.6) is 0 Å². The molecule has 2 aromatic carbocycles. The second-order valence-electron chi connectivity index (χ2n) is 5.91. The maximum absolute atomic E-state index is 13.3. The summed E-state index contributed by atoms with van der Waals surface area (Å²) in [6.07, 6.45) is 0.353. The van der Waals surface area contributed by atoms with Crippen LogP contribution in [0.2, 0.25) is 5.02 Å². The summed E-state index contributed by atoms with van der Waals surface area (Å²) in [7, 11) is 0. The Bertz CT molecular complexity index is 1020. The van der Waals surface area contributed by atoms with E-state index in [9.17, 15) is 14.0 Å². The first-order valence-corrected chi connectivity index (χ1v) is 8.78. The fraction of sp³-hybridized carbons (Fsp3) is 0.150. The molecule has 27 heavy (non-hydrogen) atoms. The number of carbonyl (C=O) groups is 1. The first kappa shape index (κ1) is 18.8. The summed E-state index contributed by atoms with van der Waals surface area (Å²) in [4.78, 5) is 25.0. The molecule has 0 bridgehead atoms. The predicted molar refractivity (Wildman–Crippen MR) is 103 cm³/mol. The van der Waals surface area contributed by atoms with E-state index in [1.54, 1.807) is 13.0 Å². The Morgan fingerprint density at radius 3 is 2.59 bits per heavy atom. The lowest BCUT2D eigenvalue weighted by Gasteiger charge is -2.17. The molecule has 0 radical (unpaired) electrons. The minimum Gasteiger partial charge on any atom is -0.324 e. The fourth-order valence-corrected chi connectivity index (χ4v) is 2.86. The first-order valence-electron chi connectivity index (χ1n) is 8.41. The molecule has 1 N–H and O–H groups in total. The number of carbonyl (C=O) groups excluding carboxylic acids is 1. The van der Waals surface area contributed by atoms with Crippen molar-refractivity contribution < 1.29 is 9.18 Å². The van der Waals surface area contributed by atoms with Crippen molar-refractivity contribution in [1.29, 1.82) is 0 Å². The van der Waals surface area contributed by atoms with E-state index in [0.717, 1.165) is 5.56 Å². The molecule has 138 valence electrons. The van der Waals surface area contributed by atoms with Crippen LogP contribution in [-0.2, 0) is 4.79 Å². The van der Waals surface area contributed by atoms with E-state index in [1.807, 2.05) is 30.3 Å². The van der Waals surface area contributed by atoms with Gasteiger partial charge in [-0.15, -0.1) is 0 Å². The molecule has 1 heterocycles. The van der Waals surface area contributed by atoms with Crippen LogP contribution >= 0.6 is 11.6 Å².